The Balaban J connectivity index is 2.02. The van der Waals surface area contributed by atoms with E-state index in [0.717, 1.165) is 31.2 Å². The summed E-state index contributed by atoms with van der Waals surface area (Å²) >= 11 is 0. The van der Waals surface area contributed by atoms with Gasteiger partial charge in [0.25, 0.3) is 0 Å². The van der Waals surface area contributed by atoms with Crippen molar-refractivity contribution in [2.75, 3.05) is 5.32 Å². The number of anilines is 1. The number of nitrogens with one attached hydrogen (secondary N) is 1. The summed E-state index contributed by atoms with van der Waals surface area (Å²) < 4.78 is 0. The van der Waals surface area contributed by atoms with Crippen LogP contribution >= 0.6 is 0 Å². The molecule has 0 spiro atoms. The van der Waals surface area contributed by atoms with E-state index in [1.807, 2.05) is 12.1 Å². The Hall–Kier alpha value is -1.88. The smallest absolute Gasteiger partial charge is 0.226 e. The van der Waals surface area contributed by atoms with Gasteiger partial charge in [0, 0.05) is 17.6 Å². The summed E-state index contributed by atoms with van der Waals surface area (Å²) in [5, 5.41) is 2.84. The molecular formula is C15H21N3O2. The summed E-state index contributed by atoms with van der Waals surface area (Å²) in [5.74, 6) is -0.524. The molecule has 1 aliphatic rings. The number of hydrogen-bond donors (Lipinski definition) is 3. The molecule has 5 N–H and O–H groups in total. The molecule has 5 nitrogen and oxygen atoms in total. The molecule has 5 heteroatoms. The van der Waals surface area contributed by atoms with E-state index in [2.05, 4.69) is 5.32 Å². The lowest BCUT2D eigenvalue weighted by Crippen LogP contribution is -2.40. The fraction of sp³-hybridized carbons (Fsp3) is 0.467. The second-order valence-electron chi connectivity index (χ2n) is 5.59. The lowest BCUT2D eigenvalue weighted by atomic mass is 9.94. The van der Waals surface area contributed by atoms with Gasteiger partial charge in [-0.15, -0.1) is 0 Å². The van der Waals surface area contributed by atoms with Crippen LogP contribution in [0.3, 0.4) is 0 Å². The van der Waals surface area contributed by atoms with Gasteiger partial charge in [-0.2, -0.15) is 0 Å². The number of primary amides is 1. The van der Waals surface area contributed by atoms with Crippen LogP contribution in [0.2, 0.25) is 0 Å². The highest BCUT2D eigenvalue weighted by atomic mass is 16.2. The molecule has 1 aromatic carbocycles. The van der Waals surface area contributed by atoms with E-state index in [4.69, 9.17) is 11.5 Å². The van der Waals surface area contributed by atoms with Crippen LogP contribution in [0, 0.1) is 0 Å². The maximum absolute atomic E-state index is 12.1. The van der Waals surface area contributed by atoms with Gasteiger partial charge < -0.3 is 16.8 Å². The Kier molecular flexibility index (Phi) is 4.39. The number of carbonyl (C=O) groups excluding carboxylic acids is 2. The number of para-hydroxylation sites is 1. The van der Waals surface area contributed by atoms with Gasteiger partial charge in [-0.25, -0.2) is 0 Å². The Morgan fingerprint density at radius 3 is 2.50 bits per heavy atom. The highest BCUT2D eigenvalue weighted by molar-refractivity contribution is 5.93. The fourth-order valence-electron chi connectivity index (χ4n) is 2.75. The molecule has 0 atom stereocenters. The summed E-state index contributed by atoms with van der Waals surface area (Å²) in [6, 6.07) is 7.19. The molecule has 2 amide bonds. The van der Waals surface area contributed by atoms with Crippen molar-refractivity contribution < 1.29 is 9.59 Å². The Bertz CT molecular complexity index is 508. The van der Waals surface area contributed by atoms with E-state index in [1.165, 1.54) is 0 Å². The lowest BCUT2D eigenvalue weighted by Gasteiger charge is -2.22. The lowest BCUT2D eigenvalue weighted by molar-refractivity contribution is -0.118. The molecule has 0 radical (unpaired) electrons. The van der Waals surface area contributed by atoms with Crippen LogP contribution in [0.5, 0.6) is 0 Å². The van der Waals surface area contributed by atoms with Gasteiger partial charge in [0.05, 0.1) is 6.42 Å². The second kappa shape index (κ2) is 6.05. The maximum atomic E-state index is 12.1. The Morgan fingerprint density at radius 2 is 1.85 bits per heavy atom. The molecule has 1 fully saturated rings. The summed E-state index contributed by atoms with van der Waals surface area (Å²) in [6.07, 6.45) is 4.39. The molecule has 0 aromatic heterocycles. The first kappa shape index (κ1) is 14.5. The molecule has 1 saturated carbocycles. The molecule has 0 saturated heterocycles. The van der Waals surface area contributed by atoms with E-state index in [-0.39, 0.29) is 17.9 Å². The van der Waals surface area contributed by atoms with E-state index in [0.29, 0.717) is 12.1 Å². The topological polar surface area (TPSA) is 98.2 Å². The number of nitrogens with two attached hydrogens (primary N) is 2. The predicted molar refractivity (Wildman–Crippen MR) is 78.0 cm³/mol. The average Bonchev–Trinajstić information content (AvgIpc) is 2.77. The minimum Gasteiger partial charge on any atom is -0.369 e. The first-order valence-electron chi connectivity index (χ1n) is 6.93. The minimum absolute atomic E-state index is 0.105. The monoisotopic (exact) mass is 275 g/mol. The van der Waals surface area contributed by atoms with Crippen LogP contribution < -0.4 is 16.8 Å². The van der Waals surface area contributed by atoms with Crippen molar-refractivity contribution in [2.45, 2.75) is 44.1 Å². The largest absolute Gasteiger partial charge is 0.369 e. The summed E-state index contributed by atoms with van der Waals surface area (Å²) in [7, 11) is 0. The summed E-state index contributed by atoms with van der Waals surface area (Å²) in [5.41, 5.74) is 12.4. The quantitative estimate of drug-likeness (QED) is 0.755. The van der Waals surface area contributed by atoms with Gasteiger partial charge in [-0.05, 0) is 24.5 Å². The zero-order valence-corrected chi connectivity index (χ0v) is 11.5. The van der Waals surface area contributed by atoms with E-state index in [9.17, 15) is 9.59 Å². The summed E-state index contributed by atoms with van der Waals surface area (Å²) in [4.78, 5) is 23.1. The maximum Gasteiger partial charge on any atom is 0.226 e. The molecular weight excluding hydrogens is 254 g/mol. The Morgan fingerprint density at radius 1 is 1.20 bits per heavy atom. The fourth-order valence-corrected chi connectivity index (χ4v) is 2.75. The molecule has 0 bridgehead atoms. The van der Waals surface area contributed by atoms with Gasteiger partial charge >= 0.3 is 0 Å². The van der Waals surface area contributed by atoms with Gasteiger partial charge in [-0.1, -0.05) is 31.0 Å². The van der Waals surface area contributed by atoms with Crippen LogP contribution in [-0.2, 0) is 16.0 Å². The predicted octanol–water partition coefficient (Wildman–Crippen LogP) is 1.31. The zero-order valence-electron chi connectivity index (χ0n) is 11.5. The summed E-state index contributed by atoms with van der Waals surface area (Å²) in [6.45, 7) is 0. The zero-order chi connectivity index (χ0) is 14.6. The van der Waals surface area contributed by atoms with Crippen molar-refractivity contribution in [3.8, 4) is 0 Å². The van der Waals surface area contributed by atoms with Crippen LogP contribution in [0.15, 0.2) is 24.3 Å². The normalized spacial score (nSPS) is 16.9. The van der Waals surface area contributed by atoms with Crippen LogP contribution in [0.1, 0.15) is 37.7 Å². The second-order valence-corrected chi connectivity index (χ2v) is 5.59. The van der Waals surface area contributed by atoms with E-state index in [1.54, 1.807) is 12.1 Å². The van der Waals surface area contributed by atoms with Crippen LogP contribution in [0.25, 0.3) is 0 Å². The first-order valence-corrected chi connectivity index (χ1v) is 6.93. The third-order valence-electron chi connectivity index (χ3n) is 3.77. The SMILES string of the molecule is NC(=O)Cc1ccccc1NC(=O)CC1(N)CCCC1. The highest BCUT2D eigenvalue weighted by Crippen LogP contribution is 2.30. The standard InChI is InChI=1S/C15H21N3O2/c16-13(19)9-11-5-1-2-6-12(11)18-14(20)10-15(17)7-3-4-8-15/h1-2,5-6H,3-4,7-10,17H2,(H2,16,19)(H,18,20). The number of amides is 2. The highest BCUT2D eigenvalue weighted by Gasteiger charge is 2.31. The molecule has 0 aliphatic heterocycles. The van der Waals surface area contributed by atoms with E-state index >= 15 is 0 Å². The average molecular weight is 275 g/mol. The molecule has 20 heavy (non-hydrogen) atoms. The third-order valence-corrected chi connectivity index (χ3v) is 3.77. The minimum atomic E-state index is -0.419. The molecule has 2 rings (SSSR count). The van der Waals surface area contributed by atoms with Crippen LogP contribution in [-0.4, -0.2) is 17.4 Å². The molecule has 108 valence electrons. The Labute approximate surface area is 118 Å². The van der Waals surface area contributed by atoms with Crippen molar-refractivity contribution in [2.24, 2.45) is 11.5 Å². The molecule has 1 aromatic rings. The van der Waals surface area contributed by atoms with Gasteiger partial charge in [-0.3, -0.25) is 9.59 Å². The van der Waals surface area contributed by atoms with Crippen LogP contribution in [0.4, 0.5) is 5.69 Å². The number of rotatable bonds is 5. The van der Waals surface area contributed by atoms with Gasteiger partial charge in [0.15, 0.2) is 0 Å². The molecule has 0 unspecified atom stereocenters. The van der Waals surface area contributed by atoms with Crippen molar-refractivity contribution in [3.05, 3.63) is 29.8 Å². The molecule has 0 heterocycles. The molecule has 1 aliphatic carbocycles. The first-order chi connectivity index (χ1) is 9.48. The van der Waals surface area contributed by atoms with Gasteiger partial charge in [0.2, 0.25) is 11.8 Å². The number of hydrogen-bond acceptors (Lipinski definition) is 3. The van der Waals surface area contributed by atoms with Crippen molar-refractivity contribution >= 4 is 17.5 Å². The van der Waals surface area contributed by atoms with Crippen molar-refractivity contribution in [3.63, 3.8) is 0 Å². The third kappa shape index (κ3) is 3.81. The van der Waals surface area contributed by atoms with Crippen molar-refractivity contribution in [1.82, 2.24) is 0 Å². The number of benzene rings is 1. The van der Waals surface area contributed by atoms with E-state index < -0.39 is 5.91 Å². The van der Waals surface area contributed by atoms with Gasteiger partial charge in [0.1, 0.15) is 0 Å². The van der Waals surface area contributed by atoms with Crippen molar-refractivity contribution in [1.29, 1.82) is 0 Å². The number of carbonyl (C=O) groups is 2.